The Morgan fingerprint density at radius 1 is 1.35 bits per heavy atom. The van der Waals surface area contributed by atoms with Gasteiger partial charge in [-0.25, -0.2) is 5.06 Å². The Morgan fingerprint density at radius 3 is 2.59 bits per heavy atom. The second-order valence-electron chi connectivity index (χ2n) is 5.42. The molecular weight excluding hydrogens is 220 g/mol. The highest BCUT2D eigenvalue weighted by atomic mass is 16.5. The lowest BCUT2D eigenvalue weighted by molar-refractivity contribution is -0.178. The number of hydroxylamine groups is 2. The van der Waals surface area contributed by atoms with Crippen LogP contribution in [-0.2, 0) is 4.79 Å². The normalized spacial score (nSPS) is 38.8. The molecule has 1 heterocycles. The van der Waals surface area contributed by atoms with E-state index in [2.05, 4.69) is 5.18 Å². The van der Waals surface area contributed by atoms with Crippen molar-refractivity contribution in [2.75, 3.05) is 0 Å². The van der Waals surface area contributed by atoms with Crippen LogP contribution in [0.25, 0.3) is 0 Å². The van der Waals surface area contributed by atoms with Gasteiger partial charge in [0, 0.05) is 0 Å². The minimum atomic E-state index is -0.858. The van der Waals surface area contributed by atoms with Crippen LogP contribution in [0.4, 0.5) is 0 Å². The van der Waals surface area contributed by atoms with Crippen molar-refractivity contribution >= 4 is 5.91 Å². The van der Waals surface area contributed by atoms with Gasteiger partial charge in [-0.15, -0.1) is 0 Å². The molecule has 3 aliphatic rings. The number of hydrogen-bond acceptors (Lipinski definition) is 4. The van der Waals surface area contributed by atoms with Crippen LogP contribution < -0.4 is 0 Å². The molecule has 0 bridgehead atoms. The van der Waals surface area contributed by atoms with Crippen molar-refractivity contribution in [2.24, 2.45) is 10.6 Å². The molecule has 1 aliphatic heterocycles. The fourth-order valence-corrected chi connectivity index (χ4v) is 3.89. The smallest absolute Gasteiger partial charge is 0.255 e. The molecule has 2 spiro atoms. The molecule has 2 aliphatic carbocycles. The number of amides is 1. The van der Waals surface area contributed by atoms with E-state index in [1.807, 2.05) is 6.08 Å². The quantitative estimate of drug-likeness (QED) is 0.430. The van der Waals surface area contributed by atoms with Gasteiger partial charge in [0.2, 0.25) is 0 Å². The van der Waals surface area contributed by atoms with Gasteiger partial charge in [0.05, 0.1) is 5.41 Å². The molecule has 1 saturated carbocycles. The number of nitroso groups, excluding NO2 is 1. The summed E-state index contributed by atoms with van der Waals surface area (Å²) in [6, 6.07) is -0.631. The Kier molecular flexibility index (Phi) is 2.17. The van der Waals surface area contributed by atoms with Crippen molar-refractivity contribution in [1.29, 1.82) is 0 Å². The second-order valence-corrected chi connectivity index (χ2v) is 5.42. The summed E-state index contributed by atoms with van der Waals surface area (Å²) >= 11 is 0. The van der Waals surface area contributed by atoms with Crippen LogP contribution in [0.1, 0.15) is 38.5 Å². The fraction of sp³-hybridized carbons (Fsp3) is 0.750. The van der Waals surface area contributed by atoms with Crippen LogP contribution in [0, 0.1) is 10.3 Å². The average Bonchev–Trinajstić information content (AvgIpc) is 3.01. The van der Waals surface area contributed by atoms with E-state index < -0.39 is 17.0 Å². The van der Waals surface area contributed by atoms with E-state index in [1.54, 1.807) is 6.08 Å². The third kappa shape index (κ3) is 1.10. The van der Waals surface area contributed by atoms with Gasteiger partial charge in [-0.3, -0.25) is 10.0 Å². The van der Waals surface area contributed by atoms with Gasteiger partial charge in [0.25, 0.3) is 5.91 Å². The third-order valence-electron chi connectivity index (χ3n) is 4.73. The molecule has 0 aromatic carbocycles. The van der Waals surface area contributed by atoms with Crippen molar-refractivity contribution in [3.63, 3.8) is 0 Å². The zero-order valence-electron chi connectivity index (χ0n) is 9.63. The average molecular weight is 236 g/mol. The van der Waals surface area contributed by atoms with E-state index in [4.69, 9.17) is 0 Å². The van der Waals surface area contributed by atoms with E-state index in [0.29, 0.717) is 19.3 Å². The summed E-state index contributed by atoms with van der Waals surface area (Å²) in [4.78, 5) is 23.5. The van der Waals surface area contributed by atoms with Crippen LogP contribution >= 0.6 is 0 Å². The van der Waals surface area contributed by atoms with Gasteiger partial charge < -0.3 is 0 Å². The van der Waals surface area contributed by atoms with Gasteiger partial charge in [-0.1, -0.05) is 30.2 Å². The van der Waals surface area contributed by atoms with Crippen molar-refractivity contribution < 1.29 is 10.0 Å². The highest BCUT2D eigenvalue weighted by Crippen LogP contribution is 2.56. The summed E-state index contributed by atoms with van der Waals surface area (Å²) < 4.78 is 0. The van der Waals surface area contributed by atoms with Crippen molar-refractivity contribution in [1.82, 2.24) is 5.06 Å². The van der Waals surface area contributed by atoms with E-state index in [0.717, 1.165) is 24.3 Å². The maximum Gasteiger partial charge on any atom is 0.255 e. The lowest BCUT2D eigenvalue weighted by atomic mass is 9.74. The Balaban J connectivity index is 2.11. The van der Waals surface area contributed by atoms with Gasteiger partial charge in [-0.2, -0.15) is 4.91 Å². The molecule has 5 heteroatoms. The zero-order chi connectivity index (χ0) is 12.1. The van der Waals surface area contributed by atoms with E-state index in [1.165, 1.54) is 0 Å². The van der Waals surface area contributed by atoms with Crippen molar-refractivity contribution in [3.8, 4) is 0 Å². The topological polar surface area (TPSA) is 70.0 Å². The van der Waals surface area contributed by atoms with Crippen LogP contribution in [0.2, 0.25) is 0 Å². The summed E-state index contributed by atoms with van der Waals surface area (Å²) in [6.07, 6.45) is 8.33. The van der Waals surface area contributed by atoms with Gasteiger partial charge in [-0.05, 0) is 25.7 Å². The lowest BCUT2D eigenvalue weighted by Gasteiger charge is -2.31. The second kappa shape index (κ2) is 3.38. The molecule has 0 aromatic rings. The molecule has 1 saturated heterocycles. The molecule has 3 rings (SSSR count). The van der Waals surface area contributed by atoms with Crippen LogP contribution in [-0.4, -0.2) is 27.8 Å². The molecule has 0 radical (unpaired) electrons. The summed E-state index contributed by atoms with van der Waals surface area (Å²) in [7, 11) is 0. The standard InChI is InChI=1S/C12H16N2O3/c15-10-11(5-1-2-6-11)9(13-16)12(14(10)17)7-3-4-8-12/h3,7,9,17H,1-2,4-6,8H2/t9-,12-/m1/s1. The molecule has 17 heavy (non-hydrogen) atoms. The molecule has 0 unspecified atom stereocenters. The molecule has 0 aromatic heterocycles. The Hall–Kier alpha value is -1.23. The van der Waals surface area contributed by atoms with Gasteiger partial charge >= 0.3 is 0 Å². The number of carbonyl (C=O) groups is 1. The maximum absolute atomic E-state index is 12.3. The number of nitrogens with zero attached hydrogens (tertiary/aromatic N) is 2. The molecule has 2 atom stereocenters. The monoisotopic (exact) mass is 236 g/mol. The molecule has 92 valence electrons. The third-order valence-corrected chi connectivity index (χ3v) is 4.73. The maximum atomic E-state index is 12.3. The van der Waals surface area contributed by atoms with Crippen LogP contribution in [0.5, 0.6) is 0 Å². The molecule has 2 fully saturated rings. The number of carbonyl (C=O) groups excluding carboxylic acids is 1. The highest BCUT2D eigenvalue weighted by Gasteiger charge is 2.68. The molecule has 1 N–H and O–H groups in total. The van der Waals surface area contributed by atoms with E-state index in [9.17, 15) is 14.9 Å². The molecule has 1 amide bonds. The first-order valence-corrected chi connectivity index (χ1v) is 6.21. The largest absolute Gasteiger partial charge is 0.285 e. The van der Waals surface area contributed by atoms with Crippen LogP contribution in [0.3, 0.4) is 0 Å². The number of allylic oxidation sites excluding steroid dienone is 1. The first-order valence-electron chi connectivity index (χ1n) is 6.21. The number of rotatable bonds is 1. The highest BCUT2D eigenvalue weighted by molar-refractivity contribution is 5.87. The predicted octanol–water partition coefficient (Wildman–Crippen LogP) is 2.00. The summed E-state index contributed by atoms with van der Waals surface area (Å²) in [5.41, 5.74) is -1.59. The first kappa shape index (κ1) is 10.9. The van der Waals surface area contributed by atoms with Gasteiger partial charge in [0.15, 0.2) is 0 Å². The number of hydrogen-bond donors (Lipinski definition) is 1. The lowest BCUT2D eigenvalue weighted by Crippen LogP contribution is -2.46. The van der Waals surface area contributed by atoms with E-state index >= 15 is 0 Å². The fourth-order valence-electron chi connectivity index (χ4n) is 3.89. The Bertz CT molecular complexity index is 401. The minimum Gasteiger partial charge on any atom is -0.285 e. The molecular formula is C12H16N2O3. The van der Waals surface area contributed by atoms with Gasteiger partial charge in [0.1, 0.15) is 11.6 Å². The first-order chi connectivity index (χ1) is 8.17. The van der Waals surface area contributed by atoms with E-state index in [-0.39, 0.29) is 5.91 Å². The Morgan fingerprint density at radius 2 is 2.06 bits per heavy atom. The predicted molar refractivity (Wildman–Crippen MR) is 60.2 cm³/mol. The summed E-state index contributed by atoms with van der Waals surface area (Å²) in [6.45, 7) is 0. The minimum absolute atomic E-state index is 0.300. The van der Waals surface area contributed by atoms with Crippen molar-refractivity contribution in [2.45, 2.75) is 50.1 Å². The van der Waals surface area contributed by atoms with Crippen molar-refractivity contribution in [3.05, 3.63) is 17.1 Å². The van der Waals surface area contributed by atoms with Crippen LogP contribution in [0.15, 0.2) is 17.3 Å². The zero-order valence-corrected chi connectivity index (χ0v) is 9.63. The SMILES string of the molecule is O=N[C@@H]1C2(CCCC2)C(=O)N(O)[C@@]12C=CCC2. The summed E-state index contributed by atoms with van der Waals surface area (Å²) in [5.74, 6) is -0.300. The summed E-state index contributed by atoms with van der Waals surface area (Å²) in [5, 5.41) is 14.1. The Labute approximate surface area is 99.4 Å². The molecule has 5 nitrogen and oxygen atoms in total.